The van der Waals surface area contributed by atoms with Gasteiger partial charge in [0, 0.05) is 0 Å². The molecule has 16 heavy (non-hydrogen) atoms. The van der Waals surface area contributed by atoms with Crippen LogP contribution >= 0.6 is 0 Å². The van der Waals surface area contributed by atoms with Crippen LogP contribution in [0.25, 0.3) is 0 Å². The first kappa shape index (κ1) is 12.4. The molecule has 1 aromatic rings. The van der Waals surface area contributed by atoms with E-state index in [2.05, 4.69) is 15.6 Å². The zero-order chi connectivity index (χ0) is 12.2. The van der Waals surface area contributed by atoms with Crippen LogP contribution in [0.5, 0.6) is 0 Å². The van der Waals surface area contributed by atoms with Crippen LogP contribution in [0.15, 0.2) is 6.20 Å². The number of hydrogen-bond donors (Lipinski definition) is 1. The van der Waals surface area contributed by atoms with Crippen LogP contribution in [0.3, 0.4) is 0 Å². The highest BCUT2D eigenvalue weighted by Gasteiger charge is 2.17. The minimum absolute atomic E-state index is 0.114. The van der Waals surface area contributed by atoms with Crippen molar-refractivity contribution in [2.45, 2.75) is 32.9 Å². The van der Waals surface area contributed by atoms with E-state index in [0.29, 0.717) is 0 Å². The van der Waals surface area contributed by atoms with E-state index >= 15 is 0 Å². The third-order valence-corrected chi connectivity index (χ3v) is 1.48. The number of amides is 1. The number of hydrogen-bond acceptors (Lipinski definition) is 4. The zero-order valence-electron chi connectivity index (χ0n) is 9.53. The summed E-state index contributed by atoms with van der Waals surface area (Å²) in [4.78, 5) is 11.3. The molecule has 6 nitrogen and oxygen atoms in total. The summed E-state index contributed by atoms with van der Waals surface area (Å²) >= 11 is 0. The third-order valence-electron chi connectivity index (χ3n) is 1.48. The molecule has 0 aliphatic carbocycles. The van der Waals surface area contributed by atoms with Gasteiger partial charge in [0.25, 0.3) is 0 Å². The standard InChI is InChI=1S/C9H15FN4O2/c1-9(2,3)16-8(15)11-7-6-14(5-4-10)13-12-7/h6H,4-5H2,1-3H3,(H,11,15). The summed E-state index contributed by atoms with van der Waals surface area (Å²) in [6, 6.07) is 0. The molecule has 7 heteroatoms. The van der Waals surface area contributed by atoms with Gasteiger partial charge in [-0.2, -0.15) is 0 Å². The fourth-order valence-electron chi connectivity index (χ4n) is 0.960. The van der Waals surface area contributed by atoms with Crippen LogP contribution in [-0.2, 0) is 11.3 Å². The first-order valence-corrected chi connectivity index (χ1v) is 4.87. The molecule has 1 aromatic heterocycles. The Kier molecular flexibility index (Phi) is 3.81. The quantitative estimate of drug-likeness (QED) is 0.856. The molecule has 1 rings (SSSR count). The fourth-order valence-corrected chi connectivity index (χ4v) is 0.960. The molecule has 0 radical (unpaired) electrons. The molecule has 0 unspecified atom stereocenters. The van der Waals surface area contributed by atoms with Crippen molar-refractivity contribution in [2.24, 2.45) is 0 Å². The van der Waals surface area contributed by atoms with Crippen molar-refractivity contribution in [3.05, 3.63) is 6.20 Å². The maximum absolute atomic E-state index is 12.0. The first-order valence-electron chi connectivity index (χ1n) is 4.87. The summed E-state index contributed by atoms with van der Waals surface area (Å²) in [6.45, 7) is 4.85. The van der Waals surface area contributed by atoms with E-state index in [1.807, 2.05) is 0 Å². The second kappa shape index (κ2) is 4.91. The molecule has 90 valence electrons. The van der Waals surface area contributed by atoms with Gasteiger partial charge in [-0.05, 0) is 20.8 Å². The second-order valence-corrected chi connectivity index (χ2v) is 4.18. The Morgan fingerprint density at radius 1 is 1.62 bits per heavy atom. The molecular weight excluding hydrogens is 215 g/mol. The number of anilines is 1. The number of nitrogens with zero attached hydrogens (tertiary/aromatic N) is 3. The van der Waals surface area contributed by atoms with Crippen molar-refractivity contribution in [3.8, 4) is 0 Å². The molecule has 0 saturated carbocycles. The van der Waals surface area contributed by atoms with Crippen molar-refractivity contribution in [1.82, 2.24) is 15.0 Å². The fraction of sp³-hybridized carbons (Fsp3) is 0.667. The van der Waals surface area contributed by atoms with E-state index in [9.17, 15) is 9.18 Å². The predicted octanol–water partition coefficient (Wildman–Crippen LogP) is 1.59. The van der Waals surface area contributed by atoms with Gasteiger partial charge in [0.1, 0.15) is 12.3 Å². The van der Waals surface area contributed by atoms with Crippen LogP contribution in [0.2, 0.25) is 0 Å². The zero-order valence-corrected chi connectivity index (χ0v) is 9.53. The van der Waals surface area contributed by atoms with Crippen molar-refractivity contribution in [1.29, 1.82) is 0 Å². The number of carbonyl (C=O) groups excluding carboxylic acids is 1. The van der Waals surface area contributed by atoms with Gasteiger partial charge in [-0.3, -0.25) is 5.32 Å². The molecule has 0 bridgehead atoms. The number of alkyl halides is 1. The Morgan fingerprint density at radius 2 is 2.31 bits per heavy atom. The molecule has 0 saturated heterocycles. The first-order chi connectivity index (χ1) is 7.40. The van der Waals surface area contributed by atoms with Gasteiger partial charge in [0.05, 0.1) is 12.7 Å². The van der Waals surface area contributed by atoms with Crippen molar-refractivity contribution in [3.63, 3.8) is 0 Å². The average molecular weight is 230 g/mol. The molecule has 0 aliphatic heterocycles. The maximum atomic E-state index is 12.0. The molecular formula is C9H15FN4O2. The van der Waals surface area contributed by atoms with Gasteiger partial charge in [-0.15, -0.1) is 5.10 Å². The minimum Gasteiger partial charge on any atom is -0.444 e. The number of rotatable bonds is 3. The van der Waals surface area contributed by atoms with E-state index in [1.54, 1.807) is 20.8 Å². The predicted molar refractivity (Wildman–Crippen MR) is 55.9 cm³/mol. The summed E-state index contributed by atoms with van der Waals surface area (Å²) in [5, 5.41) is 9.65. The number of ether oxygens (including phenoxy) is 1. The van der Waals surface area contributed by atoms with E-state index in [4.69, 9.17) is 4.74 Å². The lowest BCUT2D eigenvalue weighted by molar-refractivity contribution is 0.0635. The SMILES string of the molecule is CC(C)(C)OC(=O)Nc1cn(CCF)nn1. The second-order valence-electron chi connectivity index (χ2n) is 4.18. The molecule has 1 heterocycles. The Hall–Kier alpha value is -1.66. The number of halogens is 1. The topological polar surface area (TPSA) is 69.0 Å². The van der Waals surface area contributed by atoms with Crippen LogP contribution in [0, 0.1) is 0 Å². The molecule has 0 aromatic carbocycles. The Bertz CT molecular complexity index is 359. The summed E-state index contributed by atoms with van der Waals surface area (Å²) in [6.07, 6.45) is 0.823. The van der Waals surface area contributed by atoms with E-state index in [1.165, 1.54) is 10.9 Å². The van der Waals surface area contributed by atoms with Crippen molar-refractivity contribution >= 4 is 11.9 Å². The minimum atomic E-state index is -0.611. The van der Waals surface area contributed by atoms with Crippen LogP contribution in [0.4, 0.5) is 15.0 Å². The summed E-state index contributed by atoms with van der Waals surface area (Å²) in [5.41, 5.74) is -0.570. The highest BCUT2D eigenvalue weighted by molar-refractivity contribution is 5.83. The molecule has 0 fully saturated rings. The van der Waals surface area contributed by atoms with Gasteiger partial charge < -0.3 is 4.74 Å². The smallest absolute Gasteiger partial charge is 0.413 e. The van der Waals surface area contributed by atoms with E-state index in [0.717, 1.165) is 0 Å². The third kappa shape index (κ3) is 4.24. The Morgan fingerprint density at radius 3 is 2.88 bits per heavy atom. The van der Waals surface area contributed by atoms with Gasteiger partial charge in [-0.1, -0.05) is 5.21 Å². The summed E-state index contributed by atoms with van der Waals surface area (Å²) < 4.78 is 18.3. The number of carbonyl (C=O) groups is 1. The monoisotopic (exact) mass is 230 g/mol. The maximum Gasteiger partial charge on any atom is 0.413 e. The summed E-state index contributed by atoms with van der Waals surface area (Å²) in [7, 11) is 0. The largest absolute Gasteiger partial charge is 0.444 e. The molecule has 1 amide bonds. The molecule has 0 atom stereocenters. The van der Waals surface area contributed by atoms with Crippen molar-refractivity contribution in [2.75, 3.05) is 12.0 Å². The van der Waals surface area contributed by atoms with Gasteiger partial charge in [0.2, 0.25) is 0 Å². The Labute approximate surface area is 92.8 Å². The lowest BCUT2D eigenvalue weighted by atomic mass is 10.2. The van der Waals surface area contributed by atoms with Gasteiger partial charge >= 0.3 is 6.09 Å². The highest BCUT2D eigenvalue weighted by Crippen LogP contribution is 2.09. The lowest BCUT2D eigenvalue weighted by Gasteiger charge is -2.18. The van der Waals surface area contributed by atoms with Crippen molar-refractivity contribution < 1.29 is 13.9 Å². The highest BCUT2D eigenvalue weighted by atomic mass is 19.1. The van der Waals surface area contributed by atoms with Crippen LogP contribution in [-0.4, -0.2) is 33.4 Å². The summed E-state index contributed by atoms with van der Waals surface area (Å²) in [5.74, 6) is 0.239. The lowest BCUT2D eigenvalue weighted by Crippen LogP contribution is -2.27. The number of aryl methyl sites for hydroxylation is 1. The normalized spacial score (nSPS) is 11.2. The van der Waals surface area contributed by atoms with E-state index in [-0.39, 0.29) is 12.4 Å². The Balaban J connectivity index is 2.50. The van der Waals surface area contributed by atoms with Gasteiger partial charge in [0.15, 0.2) is 5.82 Å². The van der Waals surface area contributed by atoms with Crippen LogP contribution in [0.1, 0.15) is 20.8 Å². The average Bonchev–Trinajstić information content (AvgIpc) is 2.49. The molecule has 1 N–H and O–H groups in total. The molecule has 0 spiro atoms. The van der Waals surface area contributed by atoms with E-state index < -0.39 is 18.4 Å². The molecule has 0 aliphatic rings. The number of nitrogens with one attached hydrogen (secondary N) is 1. The van der Waals surface area contributed by atoms with Gasteiger partial charge in [-0.25, -0.2) is 13.9 Å². The van der Waals surface area contributed by atoms with Crippen LogP contribution < -0.4 is 5.32 Å². The number of aromatic nitrogens is 3.